The van der Waals surface area contributed by atoms with Gasteiger partial charge in [-0.05, 0) is 91.7 Å². The molecule has 8 nitrogen and oxygen atoms in total. The molecule has 43 heavy (non-hydrogen) atoms. The van der Waals surface area contributed by atoms with Crippen LogP contribution in [0.5, 0.6) is 5.75 Å². The second kappa shape index (κ2) is 13.2. The molecule has 0 aliphatic carbocycles. The van der Waals surface area contributed by atoms with E-state index >= 15 is 0 Å². The van der Waals surface area contributed by atoms with Gasteiger partial charge in [-0.1, -0.05) is 57.6 Å². The van der Waals surface area contributed by atoms with Gasteiger partial charge in [0.2, 0.25) is 15.2 Å². The Morgan fingerprint density at radius 3 is 2.35 bits per heavy atom. The number of sulfonamides is 1. The average molecular weight is 678 g/mol. The van der Waals surface area contributed by atoms with Gasteiger partial charge >= 0.3 is 0 Å². The van der Waals surface area contributed by atoms with Crippen LogP contribution in [0, 0.1) is 0 Å². The van der Waals surface area contributed by atoms with Crippen molar-refractivity contribution in [2.75, 3.05) is 12.1 Å². The first-order valence-electron chi connectivity index (χ1n) is 13.4. The Morgan fingerprint density at radius 2 is 1.70 bits per heavy atom. The quantitative estimate of drug-likeness (QED) is 0.114. The zero-order valence-corrected chi connectivity index (χ0v) is 26.9. The van der Waals surface area contributed by atoms with Crippen LogP contribution < -0.4 is 9.75 Å². The number of methoxy groups -OCH3 is 1. The summed E-state index contributed by atoms with van der Waals surface area (Å²) in [5.74, 6) is 0.258. The minimum atomic E-state index is -3.83. The van der Waals surface area contributed by atoms with Crippen molar-refractivity contribution >= 4 is 64.8 Å². The molecule has 220 valence electrons. The predicted octanol–water partition coefficient (Wildman–Crippen LogP) is 7.35. The third kappa shape index (κ3) is 7.02. The van der Waals surface area contributed by atoms with Gasteiger partial charge in [0.05, 0.1) is 28.4 Å². The molecule has 1 heterocycles. The number of fused-ring (bicyclic) bond motifs is 1. The van der Waals surface area contributed by atoms with E-state index in [0.717, 1.165) is 25.8 Å². The number of rotatable bonds is 10. The summed E-state index contributed by atoms with van der Waals surface area (Å²) in [4.78, 5) is 18.6. The molecule has 0 radical (unpaired) electrons. The monoisotopic (exact) mass is 676 g/mol. The molecule has 0 unspecified atom stereocenters. The summed E-state index contributed by atoms with van der Waals surface area (Å²) >= 11 is 4.81. The number of amides is 1. The van der Waals surface area contributed by atoms with Gasteiger partial charge in [-0.25, -0.2) is 13.4 Å². The maximum atomic E-state index is 13.8. The van der Waals surface area contributed by atoms with Crippen molar-refractivity contribution < 1.29 is 17.9 Å². The summed E-state index contributed by atoms with van der Waals surface area (Å²) in [6, 6.07) is 28.1. The van der Waals surface area contributed by atoms with Crippen molar-refractivity contribution in [3.8, 4) is 5.75 Å². The van der Waals surface area contributed by atoms with Crippen LogP contribution in [0.1, 0.15) is 35.3 Å². The molecule has 0 saturated heterocycles. The lowest BCUT2D eigenvalue weighted by Gasteiger charge is -2.26. The zero-order chi connectivity index (χ0) is 30.6. The van der Waals surface area contributed by atoms with E-state index in [4.69, 9.17) is 4.74 Å². The molecule has 4 aromatic carbocycles. The maximum absolute atomic E-state index is 13.8. The molecule has 0 N–H and O–H groups in total. The van der Waals surface area contributed by atoms with E-state index < -0.39 is 15.9 Å². The Kier molecular flexibility index (Phi) is 9.36. The minimum Gasteiger partial charge on any atom is -0.497 e. The smallest absolute Gasteiger partial charge is 0.280 e. The molecular formula is C32H29BrN4O4S2. The summed E-state index contributed by atoms with van der Waals surface area (Å²) in [5.41, 5.74) is 2.65. The number of carbonyl (C=O) groups is 1. The van der Waals surface area contributed by atoms with Gasteiger partial charge in [0.1, 0.15) is 5.75 Å². The number of anilines is 1. The number of hydrogen-bond donors (Lipinski definition) is 0. The number of thiazole rings is 1. The normalized spacial score (nSPS) is 12.0. The van der Waals surface area contributed by atoms with Gasteiger partial charge in [0.25, 0.3) is 5.91 Å². The summed E-state index contributed by atoms with van der Waals surface area (Å²) in [5, 5.41) is 6.13. The van der Waals surface area contributed by atoms with Crippen LogP contribution >= 0.6 is 27.3 Å². The fourth-order valence-electron chi connectivity index (χ4n) is 4.32. The molecule has 0 aliphatic heterocycles. The molecule has 1 amide bonds. The number of hydrazone groups is 1. The van der Waals surface area contributed by atoms with Crippen LogP contribution in [0.2, 0.25) is 0 Å². The Morgan fingerprint density at radius 1 is 1.00 bits per heavy atom. The molecule has 0 spiro atoms. The lowest BCUT2D eigenvalue weighted by Crippen LogP contribution is -2.36. The van der Waals surface area contributed by atoms with E-state index in [-0.39, 0.29) is 23.0 Å². The summed E-state index contributed by atoms with van der Waals surface area (Å²) in [6.07, 6.45) is 1.57. The Balaban J connectivity index is 1.46. The van der Waals surface area contributed by atoms with Crippen molar-refractivity contribution in [3.05, 3.63) is 118 Å². The van der Waals surface area contributed by atoms with Crippen molar-refractivity contribution in [3.63, 3.8) is 0 Å². The summed E-state index contributed by atoms with van der Waals surface area (Å²) in [7, 11) is -2.24. The van der Waals surface area contributed by atoms with Crippen LogP contribution in [0.15, 0.2) is 112 Å². The van der Waals surface area contributed by atoms with Gasteiger partial charge in [0, 0.05) is 22.6 Å². The number of hydrogen-bond acceptors (Lipinski definition) is 7. The number of ether oxygens (including phenoxy) is 1. The highest BCUT2D eigenvalue weighted by molar-refractivity contribution is 9.10. The molecule has 1 aromatic heterocycles. The molecular weight excluding hydrogens is 648 g/mol. The Bertz CT molecular complexity index is 1860. The summed E-state index contributed by atoms with van der Waals surface area (Å²) in [6.45, 7) is 3.92. The van der Waals surface area contributed by atoms with Crippen LogP contribution in [-0.4, -0.2) is 43.0 Å². The highest BCUT2D eigenvalue weighted by Crippen LogP contribution is 2.32. The molecule has 0 atom stereocenters. The first-order valence-corrected chi connectivity index (χ1v) is 16.4. The first kappa shape index (κ1) is 30.6. The molecule has 0 bridgehead atoms. The molecule has 0 fully saturated rings. The Hall–Kier alpha value is -3.90. The first-order chi connectivity index (χ1) is 20.7. The highest BCUT2D eigenvalue weighted by atomic mass is 79.9. The zero-order valence-electron chi connectivity index (χ0n) is 23.7. The number of halogens is 1. The van der Waals surface area contributed by atoms with Crippen LogP contribution in [0.4, 0.5) is 5.13 Å². The van der Waals surface area contributed by atoms with E-state index in [1.807, 2.05) is 74.5 Å². The topological polar surface area (TPSA) is 92.2 Å². The van der Waals surface area contributed by atoms with E-state index in [1.54, 1.807) is 25.5 Å². The number of aromatic nitrogens is 1. The third-order valence-corrected chi connectivity index (χ3v) is 10.1. The molecule has 5 aromatic rings. The van der Waals surface area contributed by atoms with Gasteiger partial charge in [-0.3, -0.25) is 4.79 Å². The number of benzene rings is 4. The van der Waals surface area contributed by atoms with Crippen molar-refractivity contribution in [2.45, 2.75) is 31.3 Å². The average Bonchev–Trinajstić information content (AvgIpc) is 3.43. The molecule has 11 heteroatoms. The van der Waals surface area contributed by atoms with Crippen LogP contribution in [0.3, 0.4) is 0 Å². The molecule has 0 saturated carbocycles. The SMILES string of the molecule is COc1ccc(/C=N/N(C(=O)c2ccc(S(=O)(=O)N(Cc3ccccc3)C(C)C)cc2)c2nc3ccc(Br)cc3s2)cc1. The molecule has 0 aliphatic rings. The van der Waals surface area contributed by atoms with Gasteiger partial charge in [-0.15, -0.1) is 0 Å². The maximum Gasteiger partial charge on any atom is 0.280 e. The predicted molar refractivity (Wildman–Crippen MR) is 175 cm³/mol. The van der Waals surface area contributed by atoms with Gasteiger partial charge < -0.3 is 4.74 Å². The molecule has 5 rings (SSSR count). The number of carbonyl (C=O) groups excluding carboxylic acids is 1. The minimum absolute atomic E-state index is 0.104. The second-order valence-corrected chi connectivity index (χ2v) is 13.7. The van der Waals surface area contributed by atoms with Crippen LogP contribution in [0.25, 0.3) is 10.2 Å². The fraction of sp³-hybridized carbons (Fsp3) is 0.156. The third-order valence-electron chi connectivity index (χ3n) is 6.62. The van der Waals surface area contributed by atoms with E-state index in [9.17, 15) is 13.2 Å². The fourth-order valence-corrected chi connectivity index (χ4v) is 7.41. The van der Waals surface area contributed by atoms with Crippen molar-refractivity contribution in [2.24, 2.45) is 5.10 Å². The van der Waals surface area contributed by atoms with E-state index in [2.05, 4.69) is 26.0 Å². The lowest BCUT2D eigenvalue weighted by molar-refractivity contribution is 0.0987. The number of nitrogens with zero attached hydrogens (tertiary/aromatic N) is 4. The Labute approximate surface area is 263 Å². The van der Waals surface area contributed by atoms with Gasteiger partial charge in [0.15, 0.2) is 0 Å². The summed E-state index contributed by atoms with van der Waals surface area (Å²) < 4.78 is 35.7. The van der Waals surface area contributed by atoms with Gasteiger partial charge in [-0.2, -0.15) is 14.4 Å². The van der Waals surface area contributed by atoms with Crippen molar-refractivity contribution in [1.29, 1.82) is 0 Å². The van der Waals surface area contributed by atoms with E-state index in [1.165, 1.54) is 44.9 Å². The standard InChI is InChI=1S/C32H29BrN4O4S2/c1-22(2)36(21-24-7-5-4-6-8-24)43(39,40)28-16-11-25(12-17-28)31(38)37(34-20-23-9-14-27(41-3)15-10-23)32-35-29-18-13-26(33)19-30(29)42-32/h4-20,22H,21H2,1-3H3/b34-20+. The lowest BCUT2D eigenvalue weighted by atomic mass is 10.2. The largest absolute Gasteiger partial charge is 0.497 e. The highest BCUT2D eigenvalue weighted by Gasteiger charge is 2.28. The second-order valence-electron chi connectivity index (χ2n) is 9.90. The van der Waals surface area contributed by atoms with Crippen LogP contribution in [-0.2, 0) is 16.6 Å². The van der Waals surface area contributed by atoms with Crippen molar-refractivity contribution in [1.82, 2.24) is 9.29 Å². The van der Waals surface area contributed by atoms with E-state index in [0.29, 0.717) is 10.9 Å².